The Bertz CT molecular complexity index is 929. The molecule has 0 bridgehead atoms. The lowest BCUT2D eigenvalue weighted by Crippen LogP contribution is -2.12. The van der Waals surface area contributed by atoms with Gasteiger partial charge in [-0.15, -0.1) is 0 Å². The third-order valence-corrected chi connectivity index (χ3v) is 3.47. The second kappa shape index (κ2) is 7.27. The van der Waals surface area contributed by atoms with E-state index in [2.05, 4.69) is 10.4 Å². The summed E-state index contributed by atoms with van der Waals surface area (Å²) in [5.41, 5.74) is 7.80. The van der Waals surface area contributed by atoms with E-state index in [-0.39, 0.29) is 5.91 Å². The fraction of sp³-hybridized carbons (Fsp3) is 0. The number of hydrogen-bond donors (Lipinski definition) is 2. The van der Waals surface area contributed by atoms with Gasteiger partial charge in [0.05, 0.1) is 11.9 Å². The Morgan fingerprint density at radius 2 is 1.88 bits per heavy atom. The predicted octanol–water partition coefficient (Wildman–Crippen LogP) is 2.62. The van der Waals surface area contributed by atoms with Crippen LogP contribution in [0, 0.1) is 0 Å². The van der Waals surface area contributed by atoms with Crippen LogP contribution in [0.2, 0.25) is 0 Å². The summed E-state index contributed by atoms with van der Waals surface area (Å²) in [7, 11) is 0. The molecule has 0 aliphatic rings. The summed E-state index contributed by atoms with van der Waals surface area (Å²) in [4.78, 5) is 23.2. The highest BCUT2D eigenvalue weighted by Gasteiger charge is 2.03. The molecule has 2 amide bonds. The number of hydrogen-bond acceptors (Lipinski definition) is 3. The fourth-order valence-corrected chi connectivity index (χ4v) is 2.25. The van der Waals surface area contributed by atoms with Gasteiger partial charge in [-0.1, -0.05) is 24.3 Å². The zero-order valence-electron chi connectivity index (χ0n) is 13.3. The number of nitrogens with zero attached hydrogens (tertiary/aromatic N) is 2. The second-order valence-corrected chi connectivity index (χ2v) is 5.32. The topological polar surface area (TPSA) is 90.0 Å². The van der Waals surface area contributed by atoms with E-state index in [1.54, 1.807) is 35.2 Å². The largest absolute Gasteiger partial charge is 0.366 e. The first kappa shape index (κ1) is 16.2. The molecule has 0 spiro atoms. The van der Waals surface area contributed by atoms with E-state index in [1.165, 1.54) is 12.1 Å². The van der Waals surface area contributed by atoms with E-state index in [0.29, 0.717) is 11.3 Å². The molecule has 0 aliphatic carbocycles. The summed E-state index contributed by atoms with van der Waals surface area (Å²) in [6.45, 7) is 0. The SMILES string of the molecule is NC(=O)c1cccc(NC(=O)/C=C/c2cnn(-c3ccccc3)c2)c1. The lowest BCUT2D eigenvalue weighted by Gasteiger charge is -2.03. The van der Waals surface area contributed by atoms with Gasteiger partial charge in [0.2, 0.25) is 11.8 Å². The molecule has 3 N–H and O–H groups in total. The fourth-order valence-electron chi connectivity index (χ4n) is 2.25. The molecule has 0 radical (unpaired) electrons. The van der Waals surface area contributed by atoms with E-state index in [4.69, 9.17) is 5.73 Å². The third-order valence-electron chi connectivity index (χ3n) is 3.47. The molecule has 0 atom stereocenters. The molecule has 6 nitrogen and oxygen atoms in total. The van der Waals surface area contributed by atoms with E-state index in [0.717, 1.165) is 11.3 Å². The van der Waals surface area contributed by atoms with Crippen LogP contribution in [0.4, 0.5) is 5.69 Å². The molecule has 6 heteroatoms. The van der Waals surface area contributed by atoms with Gasteiger partial charge < -0.3 is 11.1 Å². The van der Waals surface area contributed by atoms with Crippen molar-refractivity contribution in [3.63, 3.8) is 0 Å². The molecular weight excluding hydrogens is 316 g/mol. The number of benzene rings is 2. The molecule has 124 valence electrons. The number of carbonyl (C=O) groups excluding carboxylic acids is 2. The number of para-hydroxylation sites is 1. The molecule has 0 saturated heterocycles. The van der Waals surface area contributed by atoms with Crippen LogP contribution in [0.25, 0.3) is 11.8 Å². The Kier molecular flexibility index (Phi) is 4.71. The number of aromatic nitrogens is 2. The van der Waals surface area contributed by atoms with E-state index >= 15 is 0 Å². The van der Waals surface area contributed by atoms with Crippen LogP contribution in [0.15, 0.2) is 73.1 Å². The first-order valence-electron chi connectivity index (χ1n) is 7.61. The monoisotopic (exact) mass is 332 g/mol. The van der Waals surface area contributed by atoms with Crippen molar-refractivity contribution in [1.82, 2.24) is 9.78 Å². The van der Waals surface area contributed by atoms with Crippen LogP contribution in [-0.4, -0.2) is 21.6 Å². The van der Waals surface area contributed by atoms with Crippen LogP contribution < -0.4 is 11.1 Å². The smallest absolute Gasteiger partial charge is 0.248 e. The Balaban J connectivity index is 1.66. The van der Waals surface area contributed by atoms with Gasteiger partial charge in [-0.3, -0.25) is 9.59 Å². The molecule has 2 aromatic carbocycles. The maximum Gasteiger partial charge on any atom is 0.248 e. The van der Waals surface area contributed by atoms with Gasteiger partial charge in [0, 0.05) is 29.1 Å². The average molecular weight is 332 g/mol. The Labute approximate surface area is 144 Å². The maximum absolute atomic E-state index is 12.0. The first-order chi connectivity index (χ1) is 12.1. The van der Waals surface area contributed by atoms with Crippen molar-refractivity contribution >= 4 is 23.6 Å². The normalized spacial score (nSPS) is 10.7. The summed E-state index contributed by atoms with van der Waals surface area (Å²) in [5, 5.41) is 6.95. The predicted molar refractivity (Wildman–Crippen MR) is 96.2 cm³/mol. The molecule has 0 unspecified atom stereocenters. The zero-order chi connectivity index (χ0) is 17.6. The highest BCUT2D eigenvalue weighted by Crippen LogP contribution is 2.11. The number of nitrogens with one attached hydrogen (secondary N) is 1. The maximum atomic E-state index is 12.0. The molecule has 1 aromatic heterocycles. The van der Waals surface area contributed by atoms with Gasteiger partial charge in [-0.05, 0) is 36.4 Å². The molecule has 0 saturated carbocycles. The molecule has 0 aliphatic heterocycles. The van der Waals surface area contributed by atoms with Crippen LogP contribution in [-0.2, 0) is 4.79 Å². The third kappa shape index (κ3) is 4.20. The van der Waals surface area contributed by atoms with Gasteiger partial charge in [-0.25, -0.2) is 4.68 Å². The van der Waals surface area contributed by atoms with E-state index in [1.807, 2.05) is 36.5 Å². The Hall–Kier alpha value is -3.67. The lowest BCUT2D eigenvalue weighted by molar-refractivity contribution is -0.111. The van der Waals surface area contributed by atoms with Gasteiger partial charge in [0.25, 0.3) is 0 Å². The van der Waals surface area contributed by atoms with Gasteiger partial charge in [0.15, 0.2) is 0 Å². The second-order valence-electron chi connectivity index (χ2n) is 5.32. The number of nitrogens with two attached hydrogens (primary N) is 1. The number of carbonyl (C=O) groups is 2. The van der Waals surface area contributed by atoms with Crippen molar-refractivity contribution < 1.29 is 9.59 Å². The number of amides is 2. The van der Waals surface area contributed by atoms with Crippen molar-refractivity contribution in [1.29, 1.82) is 0 Å². The quantitative estimate of drug-likeness (QED) is 0.704. The molecule has 0 fully saturated rings. The highest BCUT2D eigenvalue weighted by molar-refractivity contribution is 6.02. The van der Waals surface area contributed by atoms with Crippen LogP contribution >= 0.6 is 0 Å². The minimum Gasteiger partial charge on any atom is -0.366 e. The number of primary amides is 1. The number of anilines is 1. The standard InChI is InChI=1S/C19H16N4O2/c20-19(25)15-5-4-6-16(11-15)22-18(24)10-9-14-12-21-23(13-14)17-7-2-1-3-8-17/h1-13H,(H2,20,25)(H,22,24)/b10-9+. The minimum atomic E-state index is -0.542. The summed E-state index contributed by atoms with van der Waals surface area (Å²) < 4.78 is 1.73. The molecule has 25 heavy (non-hydrogen) atoms. The summed E-state index contributed by atoms with van der Waals surface area (Å²) in [5.74, 6) is -0.853. The summed E-state index contributed by atoms with van der Waals surface area (Å²) >= 11 is 0. The Morgan fingerprint density at radius 3 is 2.64 bits per heavy atom. The minimum absolute atomic E-state index is 0.311. The molecule has 1 heterocycles. The van der Waals surface area contributed by atoms with Crippen molar-refractivity contribution in [2.75, 3.05) is 5.32 Å². The van der Waals surface area contributed by atoms with Crippen LogP contribution in [0.3, 0.4) is 0 Å². The van der Waals surface area contributed by atoms with Crippen molar-refractivity contribution in [2.45, 2.75) is 0 Å². The van der Waals surface area contributed by atoms with Crippen LogP contribution in [0.1, 0.15) is 15.9 Å². The van der Waals surface area contributed by atoms with Gasteiger partial charge >= 0.3 is 0 Å². The Morgan fingerprint density at radius 1 is 1.08 bits per heavy atom. The van der Waals surface area contributed by atoms with Gasteiger partial charge in [0.1, 0.15) is 0 Å². The molecular formula is C19H16N4O2. The molecule has 3 aromatic rings. The van der Waals surface area contributed by atoms with Crippen molar-refractivity contribution in [2.24, 2.45) is 5.73 Å². The van der Waals surface area contributed by atoms with Crippen LogP contribution in [0.5, 0.6) is 0 Å². The zero-order valence-corrected chi connectivity index (χ0v) is 13.3. The summed E-state index contributed by atoms with van der Waals surface area (Å²) in [6, 6.07) is 16.1. The lowest BCUT2D eigenvalue weighted by atomic mass is 10.2. The average Bonchev–Trinajstić information content (AvgIpc) is 3.10. The van der Waals surface area contributed by atoms with E-state index < -0.39 is 5.91 Å². The molecule has 3 rings (SSSR count). The highest BCUT2D eigenvalue weighted by atomic mass is 16.1. The van der Waals surface area contributed by atoms with Crippen molar-refractivity contribution in [3.05, 3.63) is 84.2 Å². The van der Waals surface area contributed by atoms with Gasteiger partial charge in [-0.2, -0.15) is 5.10 Å². The summed E-state index contributed by atoms with van der Waals surface area (Å²) in [6.07, 6.45) is 6.57. The first-order valence-corrected chi connectivity index (χ1v) is 7.61. The van der Waals surface area contributed by atoms with Crippen molar-refractivity contribution in [3.8, 4) is 5.69 Å². The van der Waals surface area contributed by atoms with E-state index in [9.17, 15) is 9.59 Å². The number of rotatable bonds is 5.